The van der Waals surface area contributed by atoms with Gasteiger partial charge in [-0.2, -0.15) is 0 Å². The lowest BCUT2D eigenvalue weighted by molar-refractivity contribution is 1.43. The molecule has 0 atom stereocenters. The Bertz CT molecular complexity index is 1030. The van der Waals surface area contributed by atoms with Crippen molar-refractivity contribution in [2.24, 2.45) is 0 Å². The van der Waals surface area contributed by atoms with E-state index < -0.39 is 0 Å². The molecule has 0 aliphatic heterocycles. The highest BCUT2D eigenvalue weighted by Crippen LogP contribution is 2.09. The molecule has 1 aliphatic carbocycles. The fraction of sp³-hybridized carbons (Fsp3) is 0. The van der Waals surface area contributed by atoms with Crippen molar-refractivity contribution in [3.05, 3.63) is 102 Å². The van der Waals surface area contributed by atoms with Gasteiger partial charge < -0.3 is 0 Å². The summed E-state index contributed by atoms with van der Waals surface area (Å²) >= 11 is 2.34. The van der Waals surface area contributed by atoms with Gasteiger partial charge in [0.1, 0.15) is 0 Å². The molecule has 3 aromatic rings. The summed E-state index contributed by atoms with van der Waals surface area (Å²) in [5, 5.41) is 5.29. The first kappa shape index (κ1) is 12.8. The third kappa shape index (κ3) is 2.32. The molecule has 1 aliphatic rings. The minimum atomic E-state index is 1.24. The van der Waals surface area contributed by atoms with Gasteiger partial charge in [-0.25, -0.2) is 0 Å². The number of hydrogen-bond donors (Lipinski definition) is 0. The van der Waals surface area contributed by atoms with Gasteiger partial charge in [-0.1, -0.05) is 54.6 Å². The highest BCUT2D eigenvalue weighted by molar-refractivity contribution is 14.1. The maximum atomic E-state index is 2.34. The van der Waals surface area contributed by atoms with E-state index in [0.717, 1.165) is 0 Å². The summed E-state index contributed by atoms with van der Waals surface area (Å²) in [6.45, 7) is 0. The maximum Gasteiger partial charge on any atom is 0.0130 e. The topological polar surface area (TPSA) is 0 Å². The summed E-state index contributed by atoms with van der Waals surface area (Å²) in [7, 11) is 0. The van der Waals surface area contributed by atoms with E-state index in [1.54, 1.807) is 0 Å². The van der Waals surface area contributed by atoms with E-state index in [1.807, 2.05) is 0 Å². The predicted molar refractivity (Wildman–Crippen MR) is 96.1 cm³/mol. The van der Waals surface area contributed by atoms with Crippen molar-refractivity contribution in [3.8, 4) is 0 Å². The van der Waals surface area contributed by atoms with Crippen LogP contribution < -0.4 is 10.4 Å². The average molecular weight is 380 g/mol. The molecular formula is C20H13I. The SMILES string of the molecule is Ic1ccc(C=c2cccc3c2=c2ccccc2=C3)cc1. The van der Waals surface area contributed by atoms with E-state index >= 15 is 0 Å². The summed E-state index contributed by atoms with van der Waals surface area (Å²) in [6, 6.07) is 23.8. The molecule has 100 valence electrons. The molecule has 0 amide bonds. The highest BCUT2D eigenvalue weighted by atomic mass is 127. The molecule has 3 aromatic carbocycles. The molecular weight excluding hydrogens is 367 g/mol. The highest BCUT2D eigenvalue weighted by Gasteiger charge is 2.02. The van der Waals surface area contributed by atoms with Gasteiger partial charge in [0.25, 0.3) is 0 Å². The fourth-order valence-electron chi connectivity index (χ4n) is 2.90. The Labute approximate surface area is 136 Å². The van der Waals surface area contributed by atoms with Crippen molar-refractivity contribution >= 4 is 34.7 Å². The van der Waals surface area contributed by atoms with Crippen LogP contribution in [0.15, 0.2) is 66.7 Å². The zero-order valence-electron chi connectivity index (χ0n) is 11.4. The van der Waals surface area contributed by atoms with Crippen molar-refractivity contribution in [1.82, 2.24) is 0 Å². The third-order valence-corrected chi connectivity index (χ3v) is 4.58. The van der Waals surface area contributed by atoms with Gasteiger partial charge in [-0.05, 0) is 78.9 Å². The number of benzene rings is 3. The van der Waals surface area contributed by atoms with Crippen LogP contribution in [0.3, 0.4) is 0 Å². The molecule has 21 heavy (non-hydrogen) atoms. The Morgan fingerprint density at radius 2 is 1.57 bits per heavy atom. The third-order valence-electron chi connectivity index (χ3n) is 3.86. The van der Waals surface area contributed by atoms with E-state index in [2.05, 4.69) is 101 Å². The first-order chi connectivity index (χ1) is 10.3. The van der Waals surface area contributed by atoms with E-state index in [4.69, 9.17) is 0 Å². The Morgan fingerprint density at radius 3 is 2.43 bits per heavy atom. The lowest BCUT2D eigenvalue weighted by Gasteiger charge is -1.97. The van der Waals surface area contributed by atoms with Gasteiger partial charge in [0.05, 0.1) is 0 Å². The second-order valence-corrected chi connectivity index (χ2v) is 6.48. The van der Waals surface area contributed by atoms with Crippen LogP contribution in [0.1, 0.15) is 11.1 Å². The van der Waals surface area contributed by atoms with Crippen molar-refractivity contribution in [1.29, 1.82) is 0 Å². The predicted octanol–water partition coefficient (Wildman–Crippen LogP) is 3.55. The van der Waals surface area contributed by atoms with E-state index in [-0.39, 0.29) is 0 Å². The van der Waals surface area contributed by atoms with Gasteiger partial charge in [0.15, 0.2) is 0 Å². The summed E-state index contributed by atoms with van der Waals surface area (Å²) in [5.41, 5.74) is 2.56. The van der Waals surface area contributed by atoms with Crippen LogP contribution in [-0.4, -0.2) is 0 Å². The smallest absolute Gasteiger partial charge is 0.0130 e. The van der Waals surface area contributed by atoms with Gasteiger partial charge in [0.2, 0.25) is 0 Å². The molecule has 0 aromatic heterocycles. The summed E-state index contributed by atoms with van der Waals surface area (Å²) in [6.07, 6.45) is 4.54. The Balaban J connectivity index is 2.09. The molecule has 0 saturated heterocycles. The zero-order chi connectivity index (χ0) is 14.2. The number of fused-ring (bicyclic) bond motifs is 2. The van der Waals surface area contributed by atoms with Crippen molar-refractivity contribution in [3.63, 3.8) is 0 Å². The molecule has 0 spiro atoms. The molecule has 0 heterocycles. The largest absolute Gasteiger partial charge is 0.0616 e. The number of halogens is 1. The van der Waals surface area contributed by atoms with Crippen molar-refractivity contribution in [2.75, 3.05) is 0 Å². The second-order valence-electron chi connectivity index (χ2n) is 5.24. The molecule has 0 saturated carbocycles. The molecule has 0 bridgehead atoms. The Kier molecular flexibility index (Phi) is 3.15. The minimum Gasteiger partial charge on any atom is -0.0616 e. The van der Waals surface area contributed by atoms with E-state index in [1.165, 1.54) is 35.6 Å². The van der Waals surface area contributed by atoms with Gasteiger partial charge in [-0.15, -0.1) is 0 Å². The van der Waals surface area contributed by atoms with Gasteiger partial charge >= 0.3 is 0 Å². The quantitative estimate of drug-likeness (QED) is 0.443. The second kappa shape index (κ2) is 5.15. The molecule has 0 nitrogen and oxygen atoms in total. The molecule has 0 unspecified atom stereocenters. The van der Waals surface area contributed by atoms with Crippen molar-refractivity contribution in [2.45, 2.75) is 0 Å². The summed E-state index contributed by atoms with van der Waals surface area (Å²) in [5.74, 6) is 0. The molecule has 0 radical (unpaired) electrons. The van der Waals surface area contributed by atoms with Gasteiger partial charge in [0, 0.05) is 3.57 Å². The lowest BCUT2D eigenvalue weighted by atomic mass is 10.1. The Morgan fingerprint density at radius 1 is 0.762 bits per heavy atom. The van der Waals surface area contributed by atoms with Crippen LogP contribution >= 0.6 is 22.6 Å². The molecule has 1 heteroatoms. The van der Waals surface area contributed by atoms with Crippen LogP contribution in [0.5, 0.6) is 0 Å². The van der Waals surface area contributed by atoms with Crippen LogP contribution in [0, 0.1) is 14.0 Å². The van der Waals surface area contributed by atoms with Crippen LogP contribution in [0.4, 0.5) is 0 Å². The number of rotatable bonds is 1. The standard InChI is InChI=1S/C20H13I/c21-18-10-8-14(9-11-18)12-16-5-3-6-17-13-15-4-1-2-7-19(15)20(16)17/h1-13H. The van der Waals surface area contributed by atoms with Crippen LogP contribution in [-0.2, 0) is 0 Å². The Hall–Kier alpha value is -1.87. The molecule has 4 rings (SSSR count). The minimum absolute atomic E-state index is 1.24. The molecule has 0 N–H and O–H groups in total. The monoisotopic (exact) mass is 380 g/mol. The summed E-state index contributed by atoms with van der Waals surface area (Å²) < 4.78 is 1.27. The first-order valence-electron chi connectivity index (χ1n) is 6.99. The maximum absolute atomic E-state index is 2.34. The average Bonchev–Trinajstić information content (AvgIpc) is 2.89. The normalized spacial score (nSPS) is 12.7. The number of hydrogen-bond acceptors (Lipinski definition) is 0. The fourth-order valence-corrected chi connectivity index (χ4v) is 3.26. The van der Waals surface area contributed by atoms with Crippen LogP contribution in [0.2, 0.25) is 0 Å². The first-order valence-corrected chi connectivity index (χ1v) is 8.07. The van der Waals surface area contributed by atoms with Crippen molar-refractivity contribution < 1.29 is 0 Å². The lowest BCUT2D eigenvalue weighted by Crippen LogP contribution is -2.05. The summed E-state index contributed by atoms with van der Waals surface area (Å²) in [4.78, 5) is 0. The van der Waals surface area contributed by atoms with Crippen LogP contribution in [0.25, 0.3) is 12.2 Å². The molecule has 0 fully saturated rings. The van der Waals surface area contributed by atoms with Gasteiger partial charge in [-0.3, -0.25) is 0 Å². The van der Waals surface area contributed by atoms with E-state index in [0.29, 0.717) is 0 Å². The zero-order valence-corrected chi connectivity index (χ0v) is 13.5. The van der Waals surface area contributed by atoms with E-state index in [9.17, 15) is 0 Å².